The maximum Gasteiger partial charge on any atom is 0.197 e. The lowest BCUT2D eigenvalue weighted by Gasteiger charge is -2.08. The number of rotatable bonds is 2. The summed E-state index contributed by atoms with van der Waals surface area (Å²) < 4.78 is 19.2. The molecule has 0 aliphatic rings. The SMILES string of the molecule is COc1ccc(-c2[nH]c(=S)ncc2C)c(F)c1. The van der Waals surface area contributed by atoms with Crippen LogP contribution >= 0.6 is 12.2 Å². The van der Waals surface area contributed by atoms with Gasteiger partial charge < -0.3 is 9.72 Å². The predicted molar refractivity (Wildman–Crippen MR) is 66.1 cm³/mol. The van der Waals surface area contributed by atoms with Crippen LogP contribution < -0.4 is 4.74 Å². The fraction of sp³-hybridized carbons (Fsp3) is 0.167. The molecule has 1 heterocycles. The zero-order chi connectivity index (χ0) is 12.4. The van der Waals surface area contributed by atoms with Gasteiger partial charge in [0.1, 0.15) is 11.6 Å². The third-order valence-corrected chi connectivity index (χ3v) is 2.65. The maximum atomic E-state index is 13.9. The molecule has 3 nitrogen and oxygen atoms in total. The molecule has 5 heteroatoms. The highest BCUT2D eigenvalue weighted by Crippen LogP contribution is 2.26. The van der Waals surface area contributed by atoms with Crippen LogP contribution in [0.2, 0.25) is 0 Å². The highest BCUT2D eigenvalue weighted by atomic mass is 32.1. The minimum atomic E-state index is -0.357. The van der Waals surface area contributed by atoms with Crippen LogP contribution in [0, 0.1) is 17.5 Å². The van der Waals surface area contributed by atoms with Crippen LogP contribution in [0.1, 0.15) is 5.56 Å². The fourth-order valence-corrected chi connectivity index (χ4v) is 1.72. The summed E-state index contributed by atoms with van der Waals surface area (Å²) in [6, 6.07) is 4.70. The number of halogens is 1. The van der Waals surface area contributed by atoms with E-state index in [9.17, 15) is 4.39 Å². The lowest BCUT2D eigenvalue weighted by Crippen LogP contribution is -1.94. The van der Waals surface area contributed by atoms with Crippen molar-refractivity contribution in [3.63, 3.8) is 0 Å². The smallest absolute Gasteiger partial charge is 0.197 e. The number of nitrogens with one attached hydrogen (secondary N) is 1. The molecule has 0 spiro atoms. The fourth-order valence-electron chi connectivity index (χ4n) is 1.56. The molecule has 0 unspecified atom stereocenters. The van der Waals surface area contributed by atoms with E-state index in [1.807, 2.05) is 6.92 Å². The van der Waals surface area contributed by atoms with Crippen molar-refractivity contribution < 1.29 is 9.13 Å². The normalized spacial score (nSPS) is 10.3. The molecule has 0 fully saturated rings. The summed E-state index contributed by atoms with van der Waals surface area (Å²) in [5.74, 6) is 0.126. The predicted octanol–water partition coefficient (Wildman–Crippen LogP) is 3.26. The van der Waals surface area contributed by atoms with Crippen LogP contribution in [0.5, 0.6) is 5.75 Å². The number of benzene rings is 1. The Labute approximate surface area is 103 Å². The van der Waals surface area contributed by atoms with Gasteiger partial charge in [0.05, 0.1) is 12.8 Å². The van der Waals surface area contributed by atoms with Gasteiger partial charge in [0.2, 0.25) is 0 Å². The molecule has 0 saturated carbocycles. The lowest BCUT2D eigenvalue weighted by molar-refractivity contribution is 0.411. The van der Waals surface area contributed by atoms with Crippen LogP contribution in [-0.4, -0.2) is 17.1 Å². The third-order valence-electron chi connectivity index (χ3n) is 2.45. The number of methoxy groups -OCH3 is 1. The quantitative estimate of drug-likeness (QED) is 0.831. The first kappa shape index (κ1) is 11.7. The highest BCUT2D eigenvalue weighted by Gasteiger charge is 2.09. The van der Waals surface area contributed by atoms with E-state index in [0.717, 1.165) is 5.56 Å². The molecular weight excluding hydrogens is 239 g/mol. The topological polar surface area (TPSA) is 37.9 Å². The molecule has 2 rings (SSSR count). The number of nitrogens with zero attached hydrogens (tertiary/aromatic N) is 1. The summed E-state index contributed by atoms with van der Waals surface area (Å²) in [5.41, 5.74) is 1.93. The van der Waals surface area contributed by atoms with E-state index in [-0.39, 0.29) is 5.82 Å². The molecule has 0 amide bonds. The van der Waals surface area contributed by atoms with Gasteiger partial charge in [0.25, 0.3) is 0 Å². The summed E-state index contributed by atoms with van der Waals surface area (Å²) in [4.78, 5) is 6.83. The second-order valence-corrected chi connectivity index (χ2v) is 3.98. The third kappa shape index (κ3) is 2.34. The van der Waals surface area contributed by atoms with Gasteiger partial charge in [0, 0.05) is 17.8 Å². The average Bonchev–Trinajstić information content (AvgIpc) is 2.32. The van der Waals surface area contributed by atoms with Crippen LogP contribution in [0.3, 0.4) is 0 Å². The minimum absolute atomic E-state index is 0.334. The van der Waals surface area contributed by atoms with Gasteiger partial charge in [-0.2, -0.15) is 0 Å². The maximum absolute atomic E-state index is 13.9. The van der Waals surface area contributed by atoms with E-state index in [1.165, 1.54) is 13.2 Å². The van der Waals surface area contributed by atoms with Gasteiger partial charge in [0.15, 0.2) is 4.77 Å². The van der Waals surface area contributed by atoms with E-state index in [2.05, 4.69) is 9.97 Å². The van der Waals surface area contributed by atoms with Crippen LogP contribution in [0.4, 0.5) is 4.39 Å². The Hall–Kier alpha value is -1.75. The Morgan fingerprint density at radius 2 is 2.18 bits per heavy atom. The minimum Gasteiger partial charge on any atom is -0.497 e. The van der Waals surface area contributed by atoms with Gasteiger partial charge in [-0.1, -0.05) is 0 Å². The van der Waals surface area contributed by atoms with Gasteiger partial charge in [-0.15, -0.1) is 0 Å². The molecule has 1 N–H and O–H groups in total. The standard InChI is InChI=1S/C12H11FN2OS/c1-7-6-14-12(17)15-11(7)9-4-3-8(16-2)5-10(9)13/h3-6H,1-2H3,(H,14,15,17). The summed E-state index contributed by atoms with van der Waals surface area (Å²) >= 11 is 4.94. The van der Waals surface area contributed by atoms with Gasteiger partial charge >= 0.3 is 0 Å². The van der Waals surface area contributed by atoms with E-state index in [0.29, 0.717) is 21.8 Å². The lowest BCUT2D eigenvalue weighted by atomic mass is 10.1. The first-order chi connectivity index (χ1) is 8.11. The van der Waals surface area contributed by atoms with Crippen molar-refractivity contribution in [2.75, 3.05) is 7.11 Å². The molecule has 0 saturated heterocycles. The van der Waals surface area contributed by atoms with E-state index >= 15 is 0 Å². The zero-order valence-corrected chi connectivity index (χ0v) is 10.3. The van der Waals surface area contributed by atoms with Crippen molar-refractivity contribution in [1.82, 2.24) is 9.97 Å². The Morgan fingerprint density at radius 3 is 2.82 bits per heavy atom. The summed E-state index contributed by atoms with van der Waals surface area (Å²) in [6.45, 7) is 1.84. The Kier molecular flexibility index (Phi) is 3.19. The van der Waals surface area contributed by atoms with Crippen molar-refractivity contribution >= 4 is 12.2 Å². The molecular formula is C12H11FN2OS. The summed E-state index contributed by atoms with van der Waals surface area (Å²) in [5, 5.41) is 0. The number of ether oxygens (including phenoxy) is 1. The molecule has 88 valence electrons. The second-order valence-electron chi connectivity index (χ2n) is 3.59. The van der Waals surface area contributed by atoms with Gasteiger partial charge in [-0.3, -0.25) is 0 Å². The Morgan fingerprint density at radius 1 is 1.41 bits per heavy atom. The first-order valence-electron chi connectivity index (χ1n) is 5.01. The zero-order valence-electron chi connectivity index (χ0n) is 9.45. The van der Waals surface area contributed by atoms with Crippen molar-refractivity contribution in [3.05, 3.63) is 40.5 Å². The Balaban J connectivity index is 2.60. The first-order valence-corrected chi connectivity index (χ1v) is 5.42. The monoisotopic (exact) mass is 250 g/mol. The average molecular weight is 250 g/mol. The van der Waals surface area contributed by atoms with Gasteiger partial charge in [-0.25, -0.2) is 9.37 Å². The van der Waals surface area contributed by atoms with Crippen molar-refractivity contribution in [1.29, 1.82) is 0 Å². The Bertz CT molecular complexity index is 610. The molecule has 17 heavy (non-hydrogen) atoms. The van der Waals surface area contributed by atoms with E-state index in [4.69, 9.17) is 17.0 Å². The number of aromatic nitrogens is 2. The highest BCUT2D eigenvalue weighted by molar-refractivity contribution is 7.71. The van der Waals surface area contributed by atoms with Crippen LogP contribution in [0.15, 0.2) is 24.4 Å². The largest absolute Gasteiger partial charge is 0.497 e. The number of aryl methyl sites for hydroxylation is 1. The number of hydrogen-bond acceptors (Lipinski definition) is 3. The summed E-state index contributed by atoms with van der Waals surface area (Å²) in [6.07, 6.45) is 1.62. The van der Waals surface area contributed by atoms with Crippen LogP contribution in [0.25, 0.3) is 11.3 Å². The number of aromatic amines is 1. The van der Waals surface area contributed by atoms with Crippen molar-refractivity contribution in [2.45, 2.75) is 6.92 Å². The van der Waals surface area contributed by atoms with Crippen molar-refractivity contribution in [2.24, 2.45) is 0 Å². The van der Waals surface area contributed by atoms with E-state index < -0.39 is 0 Å². The second kappa shape index (κ2) is 4.63. The van der Waals surface area contributed by atoms with Crippen molar-refractivity contribution in [3.8, 4) is 17.0 Å². The molecule has 1 aromatic heterocycles. The number of H-pyrrole nitrogens is 1. The molecule has 0 aliphatic carbocycles. The molecule has 0 aliphatic heterocycles. The van der Waals surface area contributed by atoms with Crippen LogP contribution in [-0.2, 0) is 0 Å². The van der Waals surface area contributed by atoms with Gasteiger partial charge in [-0.05, 0) is 36.8 Å². The van der Waals surface area contributed by atoms with E-state index in [1.54, 1.807) is 18.3 Å². The summed E-state index contributed by atoms with van der Waals surface area (Å²) in [7, 11) is 1.50. The molecule has 0 atom stereocenters. The number of hydrogen-bond donors (Lipinski definition) is 1. The molecule has 0 bridgehead atoms. The molecule has 0 radical (unpaired) electrons. The molecule has 2 aromatic rings. The molecule has 1 aromatic carbocycles.